The zero-order valence-electron chi connectivity index (χ0n) is 16.9. The van der Waals surface area contributed by atoms with Gasteiger partial charge in [0.2, 0.25) is 11.8 Å². The van der Waals surface area contributed by atoms with Crippen LogP contribution in [0.1, 0.15) is 88.3 Å². The number of carbonyl (C=O) groups excluding carboxylic acids is 1. The van der Waals surface area contributed by atoms with Gasteiger partial charge < -0.3 is 14.2 Å². The van der Waals surface area contributed by atoms with Gasteiger partial charge in [0.25, 0.3) is 0 Å². The summed E-state index contributed by atoms with van der Waals surface area (Å²) in [5.41, 5.74) is -0.0455. The Kier molecular flexibility index (Phi) is 5.16. The Morgan fingerprint density at radius 1 is 1.07 bits per heavy atom. The molecule has 1 spiro atoms. The Morgan fingerprint density at radius 3 is 2.61 bits per heavy atom. The van der Waals surface area contributed by atoms with E-state index in [-0.39, 0.29) is 5.60 Å². The molecule has 0 N–H and O–H groups in total. The normalized spacial score (nSPS) is 28.1. The highest BCUT2D eigenvalue weighted by atomic mass is 16.5. The van der Waals surface area contributed by atoms with Crippen LogP contribution in [0.2, 0.25) is 0 Å². The average Bonchev–Trinajstić information content (AvgIpc) is 3.22. The summed E-state index contributed by atoms with van der Waals surface area (Å²) in [6.07, 6.45) is 13.2. The molecule has 2 saturated carbocycles. The number of likely N-dealkylation sites (tertiary alicyclic amines) is 1. The van der Waals surface area contributed by atoms with Crippen molar-refractivity contribution < 1.29 is 14.1 Å². The molecular weight excluding hydrogens is 354 g/mol. The van der Waals surface area contributed by atoms with Gasteiger partial charge in [-0.1, -0.05) is 18.0 Å². The third-order valence-corrected chi connectivity index (χ3v) is 7.44. The van der Waals surface area contributed by atoms with Gasteiger partial charge in [-0.15, -0.1) is 0 Å². The summed E-state index contributed by atoms with van der Waals surface area (Å²) in [6.45, 7) is 2.52. The lowest BCUT2D eigenvalue weighted by Crippen LogP contribution is -2.51. The first-order chi connectivity index (χ1) is 13.7. The number of nitrogens with zero attached hydrogens (tertiary/aromatic N) is 3. The fourth-order valence-electron chi connectivity index (χ4n) is 5.51. The zero-order valence-corrected chi connectivity index (χ0v) is 16.9. The van der Waals surface area contributed by atoms with Gasteiger partial charge in [0.15, 0.2) is 5.82 Å². The molecular formula is C22H33N3O3. The van der Waals surface area contributed by atoms with Crippen molar-refractivity contribution in [2.75, 3.05) is 19.7 Å². The van der Waals surface area contributed by atoms with Crippen LogP contribution in [-0.4, -0.2) is 46.2 Å². The fourth-order valence-corrected chi connectivity index (χ4v) is 5.51. The first kappa shape index (κ1) is 18.6. The largest absolute Gasteiger partial charge is 0.375 e. The predicted molar refractivity (Wildman–Crippen MR) is 104 cm³/mol. The molecule has 0 radical (unpaired) electrons. The highest BCUT2D eigenvalue weighted by Crippen LogP contribution is 2.41. The van der Waals surface area contributed by atoms with Crippen molar-refractivity contribution in [2.24, 2.45) is 11.8 Å². The van der Waals surface area contributed by atoms with E-state index in [1.54, 1.807) is 0 Å². The Bertz CT molecular complexity index is 685. The van der Waals surface area contributed by atoms with Crippen LogP contribution in [0.15, 0.2) is 4.52 Å². The Labute approximate surface area is 167 Å². The maximum absolute atomic E-state index is 12.7. The number of hydrogen-bond donors (Lipinski definition) is 0. The van der Waals surface area contributed by atoms with E-state index in [4.69, 9.17) is 9.26 Å². The monoisotopic (exact) mass is 387 g/mol. The summed E-state index contributed by atoms with van der Waals surface area (Å²) in [5, 5.41) is 4.21. The van der Waals surface area contributed by atoms with Gasteiger partial charge in [-0.3, -0.25) is 4.79 Å². The van der Waals surface area contributed by atoms with Crippen molar-refractivity contribution in [2.45, 2.75) is 88.6 Å². The lowest BCUT2D eigenvalue weighted by atomic mass is 9.78. The standard InChI is InChI=1S/C22H33N3O3/c26-20(14-16-3-1-2-4-16)25-10-8-22(9-11-25)15-17(7-12-27-22)13-19-23-21(28-24-19)18-5-6-18/h16-18H,1-15H2. The Balaban J connectivity index is 1.13. The molecule has 1 aromatic heterocycles. The van der Waals surface area contributed by atoms with Crippen molar-refractivity contribution in [3.8, 4) is 0 Å². The van der Waals surface area contributed by atoms with Crippen LogP contribution in [-0.2, 0) is 16.0 Å². The zero-order chi connectivity index (χ0) is 19.0. The van der Waals surface area contributed by atoms with Crippen LogP contribution < -0.4 is 0 Å². The number of carbonyl (C=O) groups is 1. The maximum Gasteiger partial charge on any atom is 0.229 e. The van der Waals surface area contributed by atoms with Crippen LogP contribution in [0.3, 0.4) is 0 Å². The van der Waals surface area contributed by atoms with Crippen LogP contribution >= 0.6 is 0 Å². The molecule has 2 aliphatic carbocycles. The van der Waals surface area contributed by atoms with E-state index >= 15 is 0 Å². The van der Waals surface area contributed by atoms with Crippen LogP contribution in [0.4, 0.5) is 0 Å². The summed E-state index contributed by atoms with van der Waals surface area (Å²) < 4.78 is 11.7. The molecule has 154 valence electrons. The van der Waals surface area contributed by atoms with E-state index in [1.807, 2.05) is 0 Å². The molecule has 1 unspecified atom stereocenters. The topological polar surface area (TPSA) is 68.5 Å². The van der Waals surface area contributed by atoms with E-state index in [1.165, 1.54) is 38.5 Å². The van der Waals surface area contributed by atoms with Crippen molar-refractivity contribution in [1.29, 1.82) is 0 Å². The van der Waals surface area contributed by atoms with Crippen molar-refractivity contribution in [3.05, 3.63) is 11.7 Å². The molecule has 5 rings (SSSR count). The smallest absolute Gasteiger partial charge is 0.229 e. The molecule has 1 amide bonds. The molecule has 6 nitrogen and oxygen atoms in total. The number of ether oxygens (including phenoxy) is 1. The minimum atomic E-state index is -0.0455. The third kappa shape index (κ3) is 4.12. The van der Waals surface area contributed by atoms with Crippen LogP contribution in [0.25, 0.3) is 0 Å². The minimum Gasteiger partial charge on any atom is -0.375 e. The second-order valence-electron chi connectivity index (χ2n) is 9.65. The number of amides is 1. The number of piperidine rings is 1. The summed E-state index contributed by atoms with van der Waals surface area (Å²) >= 11 is 0. The predicted octanol–water partition coefficient (Wildman–Crippen LogP) is 3.86. The molecule has 4 aliphatic rings. The Hall–Kier alpha value is -1.43. The number of hydrogen-bond acceptors (Lipinski definition) is 5. The van der Waals surface area contributed by atoms with Gasteiger partial charge in [0, 0.05) is 38.5 Å². The SMILES string of the molecule is O=C(CC1CCCC1)N1CCC2(CC1)CC(Cc1noc(C3CC3)n1)CCO2. The summed E-state index contributed by atoms with van der Waals surface area (Å²) in [5.74, 6) is 3.79. The van der Waals surface area contributed by atoms with Gasteiger partial charge >= 0.3 is 0 Å². The first-order valence-corrected chi connectivity index (χ1v) is 11.4. The fraction of sp³-hybridized carbons (Fsp3) is 0.864. The minimum absolute atomic E-state index is 0.0455. The molecule has 1 atom stereocenters. The lowest BCUT2D eigenvalue weighted by molar-refractivity contribution is -0.147. The van der Waals surface area contributed by atoms with E-state index in [2.05, 4.69) is 15.0 Å². The quantitative estimate of drug-likeness (QED) is 0.767. The van der Waals surface area contributed by atoms with E-state index < -0.39 is 0 Å². The van der Waals surface area contributed by atoms with E-state index in [0.717, 1.165) is 69.9 Å². The molecule has 28 heavy (non-hydrogen) atoms. The average molecular weight is 388 g/mol. The lowest BCUT2D eigenvalue weighted by Gasteiger charge is -2.46. The molecule has 0 bridgehead atoms. The number of rotatable bonds is 5. The van der Waals surface area contributed by atoms with Gasteiger partial charge in [-0.2, -0.15) is 4.98 Å². The highest BCUT2D eigenvalue weighted by Gasteiger charge is 2.41. The molecule has 1 aromatic rings. The molecule has 2 saturated heterocycles. The molecule has 2 aliphatic heterocycles. The van der Waals surface area contributed by atoms with Gasteiger partial charge in [0.05, 0.1) is 5.60 Å². The van der Waals surface area contributed by atoms with Crippen molar-refractivity contribution >= 4 is 5.91 Å². The number of aromatic nitrogens is 2. The van der Waals surface area contributed by atoms with Crippen LogP contribution in [0, 0.1) is 11.8 Å². The first-order valence-electron chi connectivity index (χ1n) is 11.4. The second-order valence-corrected chi connectivity index (χ2v) is 9.65. The van der Waals surface area contributed by atoms with Crippen molar-refractivity contribution in [3.63, 3.8) is 0 Å². The molecule has 4 fully saturated rings. The van der Waals surface area contributed by atoms with Gasteiger partial charge in [-0.25, -0.2) is 0 Å². The highest BCUT2D eigenvalue weighted by molar-refractivity contribution is 5.76. The third-order valence-electron chi connectivity index (χ3n) is 7.44. The molecule has 6 heteroatoms. The Morgan fingerprint density at radius 2 is 1.86 bits per heavy atom. The van der Waals surface area contributed by atoms with Gasteiger partial charge in [0.1, 0.15) is 0 Å². The summed E-state index contributed by atoms with van der Waals surface area (Å²) in [4.78, 5) is 19.4. The molecule has 0 aromatic carbocycles. The van der Waals surface area contributed by atoms with E-state index in [9.17, 15) is 4.79 Å². The summed E-state index contributed by atoms with van der Waals surface area (Å²) in [6, 6.07) is 0. The summed E-state index contributed by atoms with van der Waals surface area (Å²) in [7, 11) is 0. The van der Waals surface area contributed by atoms with Crippen molar-refractivity contribution in [1.82, 2.24) is 15.0 Å². The van der Waals surface area contributed by atoms with Gasteiger partial charge in [-0.05, 0) is 63.2 Å². The van der Waals surface area contributed by atoms with E-state index in [0.29, 0.717) is 23.7 Å². The maximum atomic E-state index is 12.7. The second kappa shape index (κ2) is 7.77. The van der Waals surface area contributed by atoms with Crippen LogP contribution in [0.5, 0.6) is 0 Å². The molecule has 3 heterocycles.